The number of ether oxygens (including phenoxy) is 1. The van der Waals surface area contributed by atoms with Crippen LogP contribution in [0.5, 0.6) is 0 Å². The molecule has 39 heavy (non-hydrogen) atoms. The Labute approximate surface area is 229 Å². The first kappa shape index (κ1) is 29.0. The van der Waals surface area contributed by atoms with Crippen molar-refractivity contribution in [1.29, 1.82) is 0 Å². The van der Waals surface area contributed by atoms with Gasteiger partial charge in [0.15, 0.2) is 0 Å². The van der Waals surface area contributed by atoms with Crippen molar-refractivity contribution in [3.63, 3.8) is 0 Å². The van der Waals surface area contributed by atoms with Crippen LogP contribution in [0, 0.1) is 0 Å². The van der Waals surface area contributed by atoms with Crippen LogP contribution in [-0.4, -0.2) is 90.0 Å². The topological polar surface area (TPSA) is 133 Å². The van der Waals surface area contributed by atoms with Gasteiger partial charge in [0.2, 0.25) is 26.0 Å². The monoisotopic (exact) mass is 578 g/mol. The number of carbonyl (C=O) groups excluding carboxylic acids is 2. The molecule has 2 saturated heterocycles. The molecule has 0 radical (unpaired) electrons. The molecule has 212 valence electrons. The molecule has 0 aliphatic carbocycles. The molecule has 0 spiro atoms. The van der Waals surface area contributed by atoms with Crippen LogP contribution in [0.1, 0.15) is 36.0 Å². The minimum absolute atomic E-state index is 0.145. The predicted molar refractivity (Wildman–Crippen MR) is 148 cm³/mol. The molecule has 0 atom stereocenters. The molecule has 13 heteroatoms. The van der Waals surface area contributed by atoms with Gasteiger partial charge in [-0.05, 0) is 61.4 Å². The van der Waals surface area contributed by atoms with Crippen LogP contribution in [0.2, 0.25) is 0 Å². The van der Waals surface area contributed by atoms with E-state index in [0.717, 1.165) is 36.2 Å². The van der Waals surface area contributed by atoms with Crippen molar-refractivity contribution < 1.29 is 31.2 Å². The Morgan fingerprint density at radius 3 is 2.00 bits per heavy atom. The lowest BCUT2D eigenvalue weighted by atomic mass is 10.1. The summed E-state index contributed by atoms with van der Waals surface area (Å²) in [4.78, 5) is 27.3. The van der Waals surface area contributed by atoms with Crippen LogP contribution in [-0.2, 0) is 29.6 Å². The molecule has 11 nitrogen and oxygen atoms in total. The molecule has 2 fully saturated rings. The molecule has 0 bridgehead atoms. The molecule has 2 aromatic rings. The molecular weight excluding hydrogens is 544 g/mol. The lowest BCUT2D eigenvalue weighted by Crippen LogP contribution is -2.40. The van der Waals surface area contributed by atoms with E-state index in [1.807, 2.05) is 0 Å². The highest BCUT2D eigenvalue weighted by Gasteiger charge is 2.26. The first-order valence-electron chi connectivity index (χ1n) is 12.9. The smallest absolute Gasteiger partial charge is 0.254 e. The van der Waals surface area contributed by atoms with E-state index in [2.05, 4.69) is 5.32 Å². The van der Waals surface area contributed by atoms with Crippen molar-refractivity contribution >= 4 is 43.2 Å². The number of nitrogens with zero attached hydrogens (tertiary/aromatic N) is 3. The molecule has 2 aromatic carbocycles. The van der Waals surface area contributed by atoms with Gasteiger partial charge in [-0.1, -0.05) is 12.8 Å². The maximum Gasteiger partial charge on any atom is 0.254 e. The SMILES string of the molecule is CS(=O)(=O)N(CC(=O)Nc1ccc(S(=O)(=O)N2CCCCCC2)cc1)c1ccc(C(=O)N2CCOCC2)cc1. The average Bonchev–Trinajstić information content (AvgIpc) is 3.22. The van der Waals surface area contributed by atoms with Crippen molar-refractivity contribution in [2.75, 3.05) is 61.8 Å². The van der Waals surface area contributed by atoms with Gasteiger partial charge in [-0.25, -0.2) is 16.8 Å². The Morgan fingerprint density at radius 1 is 0.846 bits per heavy atom. The predicted octanol–water partition coefficient (Wildman–Crippen LogP) is 2.13. The maximum absolute atomic E-state index is 13.0. The molecule has 4 rings (SSSR count). The molecule has 2 heterocycles. The number of anilines is 2. The lowest BCUT2D eigenvalue weighted by Gasteiger charge is -2.27. The number of carbonyl (C=O) groups is 2. The number of sulfonamides is 2. The van der Waals surface area contributed by atoms with E-state index in [1.165, 1.54) is 52.8 Å². The number of nitrogens with one attached hydrogen (secondary N) is 1. The highest BCUT2D eigenvalue weighted by atomic mass is 32.2. The second kappa shape index (κ2) is 12.5. The molecule has 2 aliphatic heterocycles. The van der Waals surface area contributed by atoms with E-state index < -0.39 is 32.5 Å². The van der Waals surface area contributed by atoms with Crippen LogP contribution < -0.4 is 9.62 Å². The van der Waals surface area contributed by atoms with Gasteiger partial charge >= 0.3 is 0 Å². The normalized spacial score (nSPS) is 17.3. The van der Waals surface area contributed by atoms with E-state index >= 15 is 0 Å². The summed E-state index contributed by atoms with van der Waals surface area (Å²) in [6, 6.07) is 11.9. The standard InChI is InChI=1S/C26H34N4O7S2/c1-38(33,34)30(23-10-6-21(7-11-23)26(32)28-16-18-37-19-17-28)20-25(31)27-22-8-12-24(13-9-22)39(35,36)29-14-4-2-3-5-15-29/h6-13H,2-5,14-20H2,1H3,(H,27,31). The van der Waals surface area contributed by atoms with Crippen LogP contribution in [0.3, 0.4) is 0 Å². The van der Waals surface area contributed by atoms with E-state index in [-0.39, 0.29) is 16.5 Å². The molecule has 0 saturated carbocycles. The third-order valence-electron chi connectivity index (χ3n) is 6.73. The van der Waals surface area contributed by atoms with E-state index in [1.54, 1.807) is 4.90 Å². The third-order valence-corrected chi connectivity index (χ3v) is 9.78. The second-order valence-corrected chi connectivity index (χ2v) is 13.5. The quantitative estimate of drug-likeness (QED) is 0.507. The van der Waals surface area contributed by atoms with Gasteiger partial charge in [0, 0.05) is 37.4 Å². The summed E-state index contributed by atoms with van der Waals surface area (Å²) in [5.41, 5.74) is 0.994. The van der Waals surface area contributed by atoms with Gasteiger partial charge in [0.05, 0.1) is 30.1 Å². The van der Waals surface area contributed by atoms with Crippen LogP contribution in [0.25, 0.3) is 0 Å². The number of hydrogen-bond acceptors (Lipinski definition) is 7. The Kier molecular flexibility index (Phi) is 9.26. The summed E-state index contributed by atoms with van der Waals surface area (Å²) >= 11 is 0. The second-order valence-electron chi connectivity index (χ2n) is 9.61. The Morgan fingerprint density at radius 2 is 1.44 bits per heavy atom. The van der Waals surface area contributed by atoms with Gasteiger partial charge in [0.1, 0.15) is 6.54 Å². The van der Waals surface area contributed by atoms with Crippen molar-refractivity contribution in [3.05, 3.63) is 54.1 Å². The summed E-state index contributed by atoms with van der Waals surface area (Å²) in [5, 5.41) is 2.63. The Hall–Kier alpha value is -3.00. The number of hydrogen-bond donors (Lipinski definition) is 1. The number of benzene rings is 2. The fourth-order valence-corrected chi connectivity index (χ4v) is 6.97. The van der Waals surface area contributed by atoms with Crippen molar-refractivity contribution in [1.82, 2.24) is 9.21 Å². The average molecular weight is 579 g/mol. The molecule has 0 unspecified atom stereocenters. The number of amides is 2. The zero-order valence-corrected chi connectivity index (χ0v) is 23.5. The van der Waals surface area contributed by atoms with Crippen LogP contribution in [0.15, 0.2) is 53.4 Å². The molecule has 1 N–H and O–H groups in total. The van der Waals surface area contributed by atoms with Gasteiger partial charge in [0.25, 0.3) is 5.91 Å². The highest BCUT2D eigenvalue weighted by Crippen LogP contribution is 2.23. The summed E-state index contributed by atoms with van der Waals surface area (Å²) in [5.74, 6) is -0.771. The largest absolute Gasteiger partial charge is 0.378 e. The highest BCUT2D eigenvalue weighted by molar-refractivity contribution is 7.92. The van der Waals surface area contributed by atoms with Crippen LogP contribution >= 0.6 is 0 Å². The summed E-state index contributed by atoms with van der Waals surface area (Å²) < 4.78 is 58.7. The number of rotatable bonds is 8. The third kappa shape index (κ3) is 7.35. The van der Waals surface area contributed by atoms with Gasteiger partial charge in [-0.2, -0.15) is 4.31 Å². The summed E-state index contributed by atoms with van der Waals surface area (Å²) in [7, 11) is -7.45. The zero-order chi connectivity index (χ0) is 28.0. The van der Waals surface area contributed by atoms with Gasteiger partial charge in [-0.15, -0.1) is 0 Å². The Balaban J connectivity index is 1.41. The zero-order valence-electron chi connectivity index (χ0n) is 21.9. The van der Waals surface area contributed by atoms with Crippen molar-refractivity contribution in [2.45, 2.75) is 30.6 Å². The van der Waals surface area contributed by atoms with Crippen molar-refractivity contribution in [2.24, 2.45) is 0 Å². The first-order valence-corrected chi connectivity index (χ1v) is 16.2. The van der Waals surface area contributed by atoms with Crippen molar-refractivity contribution in [3.8, 4) is 0 Å². The van der Waals surface area contributed by atoms with Gasteiger partial charge < -0.3 is 15.0 Å². The number of morpholine rings is 1. The molecular formula is C26H34N4O7S2. The molecule has 2 amide bonds. The minimum Gasteiger partial charge on any atom is -0.378 e. The maximum atomic E-state index is 13.0. The fourth-order valence-electron chi connectivity index (χ4n) is 4.59. The molecule has 0 aromatic heterocycles. The molecule has 2 aliphatic rings. The van der Waals surface area contributed by atoms with Gasteiger partial charge in [-0.3, -0.25) is 13.9 Å². The van der Waals surface area contributed by atoms with Crippen LogP contribution in [0.4, 0.5) is 11.4 Å². The van der Waals surface area contributed by atoms with E-state index in [9.17, 15) is 26.4 Å². The first-order chi connectivity index (χ1) is 18.6. The fraction of sp³-hybridized carbons (Fsp3) is 0.462. The summed E-state index contributed by atoms with van der Waals surface area (Å²) in [6.45, 7) is 2.40. The lowest BCUT2D eigenvalue weighted by molar-refractivity contribution is -0.114. The summed E-state index contributed by atoms with van der Waals surface area (Å²) in [6.07, 6.45) is 4.68. The van der Waals surface area contributed by atoms with E-state index in [0.29, 0.717) is 50.6 Å². The Bertz CT molecular complexity index is 1360. The minimum atomic E-state index is -3.82. The van der Waals surface area contributed by atoms with E-state index in [4.69, 9.17) is 4.74 Å².